The Morgan fingerprint density at radius 3 is 3.00 bits per heavy atom. The van der Waals surface area contributed by atoms with Gasteiger partial charge in [0.2, 0.25) is 0 Å². The predicted molar refractivity (Wildman–Crippen MR) is 73.2 cm³/mol. The minimum absolute atomic E-state index is 0.00135. The average Bonchev–Trinajstić information content (AvgIpc) is 2.45. The van der Waals surface area contributed by atoms with Crippen molar-refractivity contribution in [3.05, 3.63) is 29.3 Å². The monoisotopic (exact) mass is 258 g/mol. The van der Waals surface area contributed by atoms with Crippen LogP contribution in [0.15, 0.2) is 18.2 Å². The Bertz CT molecular complexity index is 499. The molecule has 1 N–H and O–H groups in total. The van der Waals surface area contributed by atoms with Gasteiger partial charge in [-0.15, -0.1) is 0 Å². The highest BCUT2D eigenvalue weighted by Gasteiger charge is 2.14. The maximum absolute atomic E-state index is 11.4. The summed E-state index contributed by atoms with van der Waals surface area (Å²) < 4.78 is 5.64. The lowest BCUT2D eigenvalue weighted by molar-refractivity contribution is 0.0247. The van der Waals surface area contributed by atoms with Gasteiger partial charge in [-0.1, -0.05) is 0 Å². The first-order valence-corrected chi connectivity index (χ1v) is 6.61. The number of hydrogen-bond donors (Lipinski definition) is 1. The van der Waals surface area contributed by atoms with Gasteiger partial charge in [-0.25, -0.2) is 0 Å². The van der Waals surface area contributed by atoms with Gasteiger partial charge in [0, 0.05) is 18.7 Å². The first kappa shape index (κ1) is 13.6. The van der Waals surface area contributed by atoms with Gasteiger partial charge in [0.25, 0.3) is 0 Å². The first-order chi connectivity index (χ1) is 9.20. The fraction of sp³-hybridized carbons (Fsp3) is 0.467. The zero-order chi connectivity index (χ0) is 13.7. The average molecular weight is 258 g/mol. The number of nitrogens with one attached hydrogen (secondary N) is 1. The van der Waals surface area contributed by atoms with E-state index in [1.807, 2.05) is 0 Å². The smallest absolute Gasteiger partial charge is 0.159 e. The number of ketones is 1. The Hall–Kier alpha value is -1.86. The molecule has 100 valence electrons. The molecule has 1 aromatic rings. The molecule has 4 heteroatoms. The van der Waals surface area contributed by atoms with Crippen LogP contribution in [-0.2, 0) is 4.74 Å². The molecule has 1 fully saturated rings. The van der Waals surface area contributed by atoms with Crippen molar-refractivity contribution in [2.45, 2.75) is 32.3 Å². The molecular weight excluding hydrogens is 240 g/mol. The topological polar surface area (TPSA) is 62.1 Å². The summed E-state index contributed by atoms with van der Waals surface area (Å²) in [5.41, 5.74) is 1.89. The lowest BCUT2D eigenvalue weighted by Gasteiger charge is -2.23. The Morgan fingerprint density at radius 1 is 1.53 bits per heavy atom. The number of carbonyl (C=O) groups is 1. The molecule has 1 unspecified atom stereocenters. The highest BCUT2D eigenvalue weighted by molar-refractivity contribution is 5.95. The number of nitriles is 1. The van der Waals surface area contributed by atoms with Gasteiger partial charge >= 0.3 is 0 Å². The Labute approximate surface area is 113 Å². The van der Waals surface area contributed by atoms with Crippen LogP contribution in [0.3, 0.4) is 0 Å². The van der Waals surface area contributed by atoms with E-state index < -0.39 is 0 Å². The molecule has 0 saturated carbocycles. The minimum Gasteiger partial charge on any atom is -0.381 e. The van der Waals surface area contributed by atoms with Crippen LogP contribution in [0.2, 0.25) is 0 Å². The number of rotatable bonds is 4. The van der Waals surface area contributed by atoms with E-state index >= 15 is 0 Å². The molecule has 1 heterocycles. The number of nitrogens with zero attached hydrogens (tertiary/aromatic N) is 1. The number of hydrogen-bond acceptors (Lipinski definition) is 4. The van der Waals surface area contributed by atoms with Crippen LogP contribution in [0.4, 0.5) is 5.69 Å². The maximum atomic E-state index is 11.4. The summed E-state index contributed by atoms with van der Waals surface area (Å²) in [6, 6.07) is 7.24. The van der Waals surface area contributed by atoms with Crippen molar-refractivity contribution in [1.82, 2.24) is 0 Å². The van der Waals surface area contributed by atoms with E-state index in [0.717, 1.165) is 19.4 Å². The quantitative estimate of drug-likeness (QED) is 0.843. The molecule has 4 nitrogen and oxygen atoms in total. The number of benzene rings is 1. The SMILES string of the molecule is CC(=O)c1ccc(C#N)c(NCC2CCCCO2)c1. The number of carbonyl (C=O) groups excluding carboxylic acids is 1. The summed E-state index contributed by atoms with van der Waals surface area (Å²) in [7, 11) is 0. The third kappa shape index (κ3) is 3.55. The van der Waals surface area contributed by atoms with Crippen molar-refractivity contribution < 1.29 is 9.53 Å². The van der Waals surface area contributed by atoms with Crippen LogP contribution in [0.5, 0.6) is 0 Å². The normalized spacial score (nSPS) is 18.6. The summed E-state index contributed by atoms with van der Waals surface area (Å²) in [6.07, 6.45) is 3.55. The van der Waals surface area contributed by atoms with Crippen LogP contribution in [0, 0.1) is 11.3 Å². The van der Waals surface area contributed by atoms with Gasteiger partial charge in [-0.3, -0.25) is 4.79 Å². The zero-order valence-electron chi connectivity index (χ0n) is 11.1. The molecule has 1 saturated heterocycles. The Kier molecular flexibility index (Phi) is 4.53. The largest absolute Gasteiger partial charge is 0.381 e. The molecule has 19 heavy (non-hydrogen) atoms. The molecule has 0 radical (unpaired) electrons. The second kappa shape index (κ2) is 6.35. The zero-order valence-corrected chi connectivity index (χ0v) is 11.1. The third-order valence-corrected chi connectivity index (χ3v) is 3.34. The first-order valence-electron chi connectivity index (χ1n) is 6.61. The lowest BCUT2D eigenvalue weighted by Crippen LogP contribution is -2.27. The molecule has 1 aliphatic rings. The van der Waals surface area contributed by atoms with Crippen LogP contribution in [-0.4, -0.2) is 25.0 Å². The molecule has 0 bridgehead atoms. The van der Waals surface area contributed by atoms with Gasteiger partial charge in [0.05, 0.1) is 17.4 Å². The maximum Gasteiger partial charge on any atom is 0.159 e. The molecule has 0 amide bonds. The van der Waals surface area contributed by atoms with Crippen LogP contribution in [0.25, 0.3) is 0 Å². The van der Waals surface area contributed by atoms with Gasteiger partial charge in [0.15, 0.2) is 5.78 Å². The van der Waals surface area contributed by atoms with Crippen molar-refractivity contribution in [1.29, 1.82) is 5.26 Å². The van der Waals surface area contributed by atoms with Crippen molar-refractivity contribution in [3.8, 4) is 6.07 Å². The van der Waals surface area contributed by atoms with Crippen molar-refractivity contribution in [2.75, 3.05) is 18.5 Å². The molecule has 2 rings (SSSR count). The fourth-order valence-electron chi connectivity index (χ4n) is 2.20. The van der Waals surface area contributed by atoms with E-state index in [1.54, 1.807) is 18.2 Å². The van der Waals surface area contributed by atoms with Crippen molar-refractivity contribution in [2.24, 2.45) is 0 Å². The van der Waals surface area contributed by atoms with Gasteiger partial charge in [-0.05, 0) is 44.4 Å². The van der Waals surface area contributed by atoms with Gasteiger partial charge < -0.3 is 10.1 Å². The van der Waals surface area contributed by atoms with Crippen LogP contribution in [0.1, 0.15) is 42.1 Å². The Balaban J connectivity index is 2.07. The second-order valence-corrected chi connectivity index (χ2v) is 4.80. The lowest BCUT2D eigenvalue weighted by atomic mass is 10.1. The van der Waals surface area contributed by atoms with E-state index in [2.05, 4.69) is 11.4 Å². The third-order valence-electron chi connectivity index (χ3n) is 3.34. The molecule has 0 aromatic heterocycles. The number of ether oxygens (including phenoxy) is 1. The molecule has 0 spiro atoms. The van der Waals surface area contributed by atoms with E-state index in [-0.39, 0.29) is 11.9 Å². The highest BCUT2D eigenvalue weighted by atomic mass is 16.5. The van der Waals surface area contributed by atoms with Gasteiger partial charge in [0.1, 0.15) is 6.07 Å². The molecule has 1 aromatic carbocycles. The van der Waals surface area contributed by atoms with Gasteiger partial charge in [-0.2, -0.15) is 5.26 Å². The molecule has 0 aliphatic carbocycles. The second-order valence-electron chi connectivity index (χ2n) is 4.80. The number of anilines is 1. The highest BCUT2D eigenvalue weighted by Crippen LogP contribution is 2.19. The van der Waals surface area contributed by atoms with Crippen LogP contribution >= 0.6 is 0 Å². The molecular formula is C15H18N2O2. The summed E-state index contributed by atoms with van der Waals surface area (Å²) in [5, 5.41) is 12.3. The molecule has 1 atom stereocenters. The van der Waals surface area contributed by atoms with Crippen LogP contribution < -0.4 is 5.32 Å². The minimum atomic E-state index is 0.00135. The summed E-state index contributed by atoms with van der Waals surface area (Å²) in [5.74, 6) is 0.00135. The fourth-order valence-corrected chi connectivity index (χ4v) is 2.20. The van der Waals surface area contributed by atoms with E-state index in [4.69, 9.17) is 10.00 Å². The standard InChI is InChI=1S/C15H18N2O2/c1-11(18)12-5-6-13(9-16)15(8-12)17-10-14-4-2-3-7-19-14/h5-6,8,14,17H,2-4,7,10H2,1H3. The number of Topliss-reactive ketones (excluding diaryl/α,β-unsaturated/α-hetero) is 1. The van der Waals surface area contributed by atoms with E-state index in [1.165, 1.54) is 13.3 Å². The van der Waals surface area contributed by atoms with Crippen molar-refractivity contribution in [3.63, 3.8) is 0 Å². The predicted octanol–water partition coefficient (Wildman–Crippen LogP) is 2.74. The molecule has 1 aliphatic heterocycles. The summed E-state index contributed by atoms with van der Waals surface area (Å²) in [4.78, 5) is 11.4. The Morgan fingerprint density at radius 2 is 2.37 bits per heavy atom. The van der Waals surface area contributed by atoms with E-state index in [0.29, 0.717) is 23.4 Å². The summed E-state index contributed by atoms with van der Waals surface area (Å²) in [6.45, 7) is 3.01. The summed E-state index contributed by atoms with van der Waals surface area (Å²) >= 11 is 0. The van der Waals surface area contributed by atoms with E-state index in [9.17, 15) is 4.79 Å². The van der Waals surface area contributed by atoms with Crippen molar-refractivity contribution >= 4 is 11.5 Å².